The Balaban J connectivity index is 1.79. The summed E-state index contributed by atoms with van der Waals surface area (Å²) in [5.74, 6) is 0. The Labute approximate surface area is 136 Å². The molecular weight excluding hydrogens is 292 g/mol. The Bertz CT molecular complexity index is 697. The largest absolute Gasteiger partial charge is 0.304 e. The van der Waals surface area contributed by atoms with Crippen LogP contribution in [0.25, 0.3) is 10.1 Å². The van der Waals surface area contributed by atoms with Gasteiger partial charge in [0.2, 0.25) is 0 Å². The van der Waals surface area contributed by atoms with Crippen LogP contribution in [0.4, 0.5) is 0 Å². The number of rotatable bonds is 6. The lowest BCUT2D eigenvalue weighted by atomic mass is 9.91. The first-order chi connectivity index (χ1) is 10.7. The van der Waals surface area contributed by atoms with Crippen molar-refractivity contribution in [2.75, 3.05) is 19.6 Å². The highest BCUT2D eigenvalue weighted by molar-refractivity contribution is 7.13. The van der Waals surface area contributed by atoms with Gasteiger partial charge in [-0.3, -0.25) is 8.75 Å². The molecule has 0 atom stereocenters. The van der Waals surface area contributed by atoms with E-state index in [9.17, 15) is 4.79 Å². The number of aryl methyl sites for hydroxylation is 3. The summed E-state index contributed by atoms with van der Waals surface area (Å²) in [5, 5.41) is 0.938. The molecule has 1 aliphatic rings. The van der Waals surface area contributed by atoms with Gasteiger partial charge in [-0.05, 0) is 75.0 Å². The van der Waals surface area contributed by atoms with E-state index in [2.05, 4.69) is 30.9 Å². The van der Waals surface area contributed by atoms with Gasteiger partial charge in [0.1, 0.15) is 0 Å². The van der Waals surface area contributed by atoms with Crippen molar-refractivity contribution in [3.05, 3.63) is 33.6 Å². The number of aromatic nitrogens is 1. The van der Waals surface area contributed by atoms with Crippen LogP contribution in [0.3, 0.4) is 0 Å². The van der Waals surface area contributed by atoms with Gasteiger partial charge >= 0.3 is 0 Å². The van der Waals surface area contributed by atoms with Crippen molar-refractivity contribution < 1.29 is 0 Å². The van der Waals surface area contributed by atoms with Gasteiger partial charge < -0.3 is 4.90 Å². The molecule has 2 aromatic rings. The first-order valence-corrected chi connectivity index (χ1v) is 9.38. The number of fused-ring (bicyclic) bond motifs is 2. The van der Waals surface area contributed by atoms with Crippen molar-refractivity contribution >= 4 is 21.6 Å². The maximum absolute atomic E-state index is 12.6. The highest BCUT2D eigenvalue weighted by atomic mass is 32.1. The number of nitrogens with zero attached hydrogens (tertiary/aromatic N) is 2. The Morgan fingerprint density at radius 1 is 1.14 bits per heavy atom. The Kier molecular flexibility index (Phi) is 4.99. The fourth-order valence-electron chi connectivity index (χ4n) is 3.43. The molecule has 0 spiro atoms. The minimum Gasteiger partial charge on any atom is -0.304 e. The second kappa shape index (κ2) is 6.97. The third kappa shape index (κ3) is 3.13. The molecule has 1 aromatic carbocycles. The van der Waals surface area contributed by atoms with Crippen LogP contribution in [0.1, 0.15) is 44.2 Å². The maximum atomic E-state index is 12.6. The van der Waals surface area contributed by atoms with E-state index in [-0.39, 0.29) is 5.56 Å². The summed E-state index contributed by atoms with van der Waals surface area (Å²) in [4.78, 5) is 15.0. The highest BCUT2D eigenvalue weighted by Crippen LogP contribution is 2.27. The van der Waals surface area contributed by atoms with Crippen LogP contribution < -0.4 is 5.56 Å². The number of hydrogen-bond acceptors (Lipinski definition) is 3. The average Bonchev–Trinajstić information content (AvgIpc) is 2.85. The third-order valence-electron chi connectivity index (χ3n) is 4.84. The van der Waals surface area contributed by atoms with E-state index in [1.165, 1.54) is 35.1 Å². The zero-order valence-corrected chi connectivity index (χ0v) is 14.5. The second-order valence-electron chi connectivity index (χ2n) is 6.20. The van der Waals surface area contributed by atoms with Gasteiger partial charge in [0.05, 0.1) is 10.1 Å². The fourth-order valence-corrected chi connectivity index (χ4v) is 4.50. The summed E-state index contributed by atoms with van der Waals surface area (Å²) in [6.07, 6.45) is 5.93. The molecule has 0 bridgehead atoms. The number of benzene rings is 1. The Morgan fingerprint density at radius 3 is 2.50 bits per heavy atom. The molecule has 0 N–H and O–H groups in total. The zero-order chi connectivity index (χ0) is 15.5. The molecule has 120 valence electrons. The van der Waals surface area contributed by atoms with Crippen molar-refractivity contribution in [2.45, 2.75) is 52.5 Å². The minimum absolute atomic E-state index is 0.216. The van der Waals surface area contributed by atoms with Crippen molar-refractivity contribution in [3.8, 4) is 0 Å². The normalized spacial score (nSPS) is 14.7. The monoisotopic (exact) mass is 318 g/mol. The van der Waals surface area contributed by atoms with Crippen LogP contribution in [-0.2, 0) is 19.4 Å². The first kappa shape index (κ1) is 15.8. The van der Waals surface area contributed by atoms with Gasteiger partial charge in [0, 0.05) is 6.54 Å². The quantitative estimate of drug-likeness (QED) is 0.812. The highest BCUT2D eigenvalue weighted by Gasteiger charge is 2.14. The zero-order valence-electron chi connectivity index (χ0n) is 13.7. The van der Waals surface area contributed by atoms with Gasteiger partial charge in [-0.2, -0.15) is 0 Å². The summed E-state index contributed by atoms with van der Waals surface area (Å²) >= 11 is 1.65. The average molecular weight is 318 g/mol. The van der Waals surface area contributed by atoms with Crippen LogP contribution >= 0.6 is 11.5 Å². The predicted molar refractivity (Wildman–Crippen MR) is 95.1 cm³/mol. The van der Waals surface area contributed by atoms with Crippen LogP contribution in [-0.4, -0.2) is 28.5 Å². The fraction of sp³-hybridized carbons (Fsp3) is 0.611. The van der Waals surface area contributed by atoms with E-state index >= 15 is 0 Å². The molecular formula is C18H26N2OS. The molecule has 0 fully saturated rings. The molecule has 0 amide bonds. The van der Waals surface area contributed by atoms with E-state index in [1.54, 1.807) is 11.5 Å². The molecule has 1 aliphatic carbocycles. The lowest BCUT2D eigenvalue weighted by molar-refractivity contribution is 0.294. The molecule has 22 heavy (non-hydrogen) atoms. The van der Waals surface area contributed by atoms with Crippen LogP contribution in [0.15, 0.2) is 16.9 Å². The third-order valence-corrected chi connectivity index (χ3v) is 5.94. The van der Waals surface area contributed by atoms with E-state index in [0.717, 1.165) is 44.4 Å². The van der Waals surface area contributed by atoms with Crippen molar-refractivity contribution in [3.63, 3.8) is 0 Å². The smallest absolute Gasteiger partial charge is 0.268 e. The molecule has 0 unspecified atom stereocenters. The van der Waals surface area contributed by atoms with Crippen molar-refractivity contribution in [2.24, 2.45) is 0 Å². The van der Waals surface area contributed by atoms with Gasteiger partial charge in [0.15, 0.2) is 0 Å². The van der Waals surface area contributed by atoms with E-state index in [1.807, 2.05) is 3.96 Å². The molecule has 0 saturated heterocycles. The van der Waals surface area contributed by atoms with Gasteiger partial charge in [-0.25, -0.2) is 0 Å². The molecule has 0 aliphatic heterocycles. The van der Waals surface area contributed by atoms with Crippen LogP contribution in [0.2, 0.25) is 0 Å². The maximum Gasteiger partial charge on any atom is 0.268 e. The van der Waals surface area contributed by atoms with Gasteiger partial charge in [-0.1, -0.05) is 25.4 Å². The molecule has 1 aromatic heterocycles. The summed E-state index contributed by atoms with van der Waals surface area (Å²) in [7, 11) is 0. The van der Waals surface area contributed by atoms with E-state index in [0.29, 0.717) is 0 Å². The van der Waals surface area contributed by atoms with Crippen LogP contribution in [0.5, 0.6) is 0 Å². The summed E-state index contributed by atoms with van der Waals surface area (Å²) in [5.41, 5.74) is 3.09. The SMILES string of the molecule is CCN(CC)CCCn1sc2cc3c(cc2c1=O)CCCC3. The van der Waals surface area contributed by atoms with E-state index in [4.69, 9.17) is 0 Å². The predicted octanol–water partition coefficient (Wildman–Crippen LogP) is 3.67. The standard InChI is InChI=1S/C18H26N2OS/c1-3-19(4-2)10-7-11-20-18(21)16-12-14-8-5-6-9-15(14)13-17(16)22-20/h12-13H,3-11H2,1-2H3. The lowest BCUT2D eigenvalue weighted by Gasteiger charge is -2.17. The second-order valence-corrected chi connectivity index (χ2v) is 7.27. The lowest BCUT2D eigenvalue weighted by Crippen LogP contribution is -2.25. The summed E-state index contributed by atoms with van der Waals surface area (Å²) in [6.45, 7) is 8.48. The Morgan fingerprint density at radius 2 is 1.82 bits per heavy atom. The van der Waals surface area contributed by atoms with Crippen molar-refractivity contribution in [1.29, 1.82) is 0 Å². The van der Waals surface area contributed by atoms with Gasteiger partial charge in [0.25, 0.3) is 5.56 Å². The molecule has 3 nitrogen and oxygen atoms in total. The van der Waals surface area contributed by atoms with Crippen LogP contribution in [0, 0.1) is 0 Å². The molecule has 1 heterocycles. The van der Waals surface area contributed by atoms with Crippen molar-refractivity contribution in [1.82, 2.24) is 8.86 Å². The molecule has 0 radical (unpaired) electrons. The topological polar surface area (TPSA) is 25.2 Å². The van der Waals surface area contributed by atoms with Gasteiger partial charge in [-0.15, -0.1) is 0 Å². The molecule has 0 saturated carbocycles. The Hall–Kier alpha value is -1.13. The summed E-state index contributed by atoms with van der Waals surface area (Å²) in [6, 6.07) is 4.44. The summed E-state index contributed by atoms with van der Waals surface area (Å²) < 4.78 is 3.13. The molecule has 3 rings (SSSR count). The molecule has 4 heteroatoms. The number of hydrogen-bond donors (Lipinski definition) is 0. The minimum atomic E-state index is 0.216. The van der Waals surface area contributed by atoms with E-state index < -0.39 is 0 Å². The first-order valence-electron chi connectivity index (χ1n) is 8.61.